The maximum absolute atomic E-state index is 13.4. The summed E-state index contributed by atoms with van der Waals surface area (Å²) >= 11 is 0. The molecule has 0 aliphatic heterocycles. The van der Waals surface area contributed by atoms with Crippen LogP contribution in [0.3, 0.4) is 0 Å². The van der Waals surface area contributed by atoms with Crippen LogP contribution in [-0.2, 0) is 6.54 Å². The number of hydrogen-bond donors (Lipinski definition) is 2. The molecule has 3 heterocycles. The van der Waals surface area contributed by atoms with Gasteiger partial charge in [0, 0.05) is 25.0 Å². The summed E-state index contributed by atoms with van der Waals surface area (Å²) in [6.07, 6.45) is 1.65. The molecule has 9 heteroatoms. The largest absolute Gasteiger partial charge is 0.383 e. The number of nitrogens with two attached hydrogens (primary N) is 1. The van der Waals surface area contributed by atoms with Crippen molar-refractivity contribution in [3.05, 3.63) is 56.6 Å². The van der Waals surface area contributed by atoms with Crippen LogP contribution in [0.4, 0.5) is 11.5 Å². The van der Waals surface area contributed by atoms with Crippen molar-refractivity contribution in [2.45, 2.75) is 41.2 Å². The Morgan fingerprint density at radius 2 is 1.90 bits per heavy atom. The third kappa shape index (κ3) is 4.00. The molecule has 0 fully saturated rings. The number of rotatable bonds is 6. The first-order valence-electron chi connectivity index (χ1n) is 9.99. The highest BCUT2D eigenvalue weighted by molar-refractivity contribution is 6.06. The Bertz CT molecular complexity index is 1200. The van der Waals surface area contributed by atoms with Gasteiger partial charge in [-0.1, -0.05) is 33.8 Å². The van der Waals surface area contributed by atoms with E-state index in [2.05, 4.69) is 9.97 Å². The molecule has 0 bridgehead atoms. The van der Waals surface area contributed by atoms with Gasteiger partial charge < -0.3 is 10.1 Å². The summed E-state index contributed by atoms with van der Waals surface area (Å²) in [5.74, 6) is -0.290. The topological polar surface area (TPSA) is 118 Å². The van der Waals surface area contributed by atoms with E-state index in [0.717, 1.165) is 5.69 Å². The van der Waals surface area contributed by atoms with Crippen molar-refractivity contribution in [2.24, 2.45) is 11.8 Å². The number of nitrogens with one attached hydrogen (secondary N) is 1. The van der Waals surface area contributed by atoms with Crippen LogP contribution in [0.15, 0.2) is 34.0 Å². The zero-order valence-corrected chi connectivity index (χ0v) is 18.0. The van der Waals surface area contributed by atoms with Crippen LogP contribution in [0.25, 0.3) is 5.65 Å². The fraction of sp³-hybridized carbons (Fsp3) is 0.429. The summed E-state index contributed by atoms with van der Waals surface area (Å²) in [5, 5.41) is 0. The number of hydrogen-bond acceptors (Lipinski definition) is 5. The number of nitrogen functional groups attached to an aromatic ring is 1. The van der Waals surface area contributed by atoms with Crippen molar-refractivity contribution in [3.63, 3.8) is 0 Å². The molecule has 0 saturated heterocycles. The number of aromatic nitrogens is 4. The first-order valence-corrected chi connectivity index (χ1v) is 9.99. The lowest BCUT2D eigenvalue weighted by molar-refractivity contribution is 0.0979. The Kier molecular flexibility index (Phi) is 5.82. The second-order valence-electron chi connectivity index (χ2n) is 8.33. The van der Waals surface area contributed by atoms with E-state index in [9.17, 15) is 14.4 Å². The number of H-pyrrole nitrogens is 1. The van der Waals surface area contributed by atoms with Crippen LogP contribution in [0.2, 0.25) is 0 Å². The standard InChI is InChI=1S/C21H28N6O3/c1-12(2)9-26(17-18(22)27(10-13(3)4)21(30)24-19(17)28)20(29)15-11-25-14(5)7-6-8-16(25)23-15/h6-8,11-13H,9-10,22H2,1-5H3,(H,24,28,30). The highest BCUT2D eigenvalue weighted by Crippen LogP contribution is 2.22. The van der Waals surface area contributed by atoms with E-state index in [-0.39, 0.29) is 35.6 Å². The first kappa shape index (κ1) is 21.4. The van der Waals surface area contributed by atoms with Gasteiger partial charge in [0.25, 0.3) is 11.5 Å². The molecule has 0 saturated carbocycles. The van der Waals surface area contributed by atoms with Crippen molar-refractivity contribution in [3.8, 4) is 0 Å². The summed E-state index contributed by atoms with van der Waals surface area (Å²) in [6, 6.07) is 5.59. The van der Waals surface area contributed by atoms with Crippen LogP contribution >= 0.6 is 0 Å². The summed E-state index contributed by atoms with van der Waals surface area (Å²) < 4.78 is 3.11. The number of fused-ring (bicyclic) bond motifs is 1. The molecule has 0 radical (unpaired) electrons. The number of imidazole rings is 1. The summed E-state index contributed by atoms with van der Waals surface area (Å²) in [5.41, 5.74) is 6.71. The molecule has 0 atom stereocenters. The lowest BCUT2D eigenvalue weighted by Gasteiger charge is -2.25. The normalized spacial score (nSPS) is 11.6. The van der Waals surface area contributed by atoms with Crippen molar-refractivity contribution < 1.29 is 4.79 Å². The molecule has 0 unspecified atom stereocenters. The molecule has 0 aromatic carbocycles. The van der Waals surface area contributed by atoms with Gasteiger partial charge in [0.1, 0.15) is 17.2 Å². The Balaban J connectivity index is 2.17. The molecule has 0 spiro atoms. The minimum atomic E-state index is -0.688. The van der Waals surface area contributed by atoms with Gasteiger partial charge in [-0.05, 0) is 30.9 Å². The third-order valence-electron chi connectivity index (χ3n) is 4.74. The Labute approximate surface area is 174 Å². The van der Waals surface area contributed by atoms with Gasteiger partial charge in [0.2, 0.25) is 0 Å². The maximum atomic E-state index is 13.4. The number of aryl methyl sites for hydroxylation is 1. The predicted octanol–water partition coefficient (Wildman–Crippen LogP) is 2.03. The van der Waals surface area contributed by atoms with Crippen molar-refractivity contribution in [1.82, 2.24) is 18.9 Å². The fourth-order valence-corrected chi connectivity index (χ4v) is 3.42. The maximum Gasteiger partial charge on any atom is 0.330 e. The second kappa shape index (κ2) is 8.17. The zero-order valence-electron chi connectivity index (χ0n) is 18.0. The number of anilines is 2. The number of nitrogens with zero attached hydrogens (tertiary/aromatic N) is 4. The molecular weight excluding hydrogens is 384 g/mol. The fourth-order valence-electron chi connectivity index (χ4n) is 3.42. The molecule has 0 aliphatic rings. The van der Waals surface area contributed by atoms with E-state index in [0.29, 0.717) is 12.2 Å². The molecular formula is C21H28N6O3. The molecule has 3 N–H and O–H groups in total. The number of aromatic amines is 1. The van der Waals surface area contributed by atoms with E-state index in [1.165, 1.54) is 9.47 Å². The Hall–Kier alpha value is -3.36. The van der Waals surface area contributed by atoms with E-state index >= 15 is 0 Å². The Morgan fingerprint density at radius 1 is 1.20 bits per heavy atom. The van der Waals surface area contributed by atoms with E-state index in [1.54, 1.807) is 12.3 Å². The SMILES string of the molecule is Cc1cccc2nc(C(=O)N(CC(C)C)c3c(N)n(CC(C)C)c(=O)[nH]c3=O)cn12. The van der Waals surface area contributed by atoms with Crippen LogP contribution < -0.4 is 21.9 Å². The molecule has 3 rings (SSSR count). The van der Waals surface area contributed by atoms with Crippen molar-refractivity contribution in [2.75, 3.05) is 17.2 Å². The number of pyridine rings is 1. The van der Waals surface area contributed by atoms with Crippen molar-refractivity contribution >= 4 is 23.1 Å². The second-order valence-corrected chi connectivity index (χ2v) is 8.33. The minimum absolute atomic E-state index is 0.0219. The summed E-state index contributed by atoms with van der Waals surface area (Å²) in [7, 11) is 0. The van der Waals surface area contributed by atoms with Gasteiger partial charge >= 0.3 is 5.69 Å². The van der Waals surface area contributed by atoms with Gasteiger partial charge in [-0.25, -0.2) is 9.78 Å². The summed E-state index contributed by atoms with van der Waals surface area (Å²) in [6.45, 7) is 10.2. The highest BCUT2D eigenvalue weighted by atomic mass is 16.2. The molecule has 160 valence electrons. The van der Waals surface area contributed by atoms with Crippen LogP contribution in [-0.4, -0.2) is 31.4 Å². The lowest BCUT2D eigenvalue weighted by Crippen LogP contribution is -2.43. The molecule has 1 amide bonds. The third-order valence-corrected chi connectivity index (χ3v) is 4.74. The molecule has 3 aromatic rings. The van der Waals surface area contributed by atoms with E-state index in [4.69, 9.17) is 5.73 Å². The smallest absolute Gasteiger partial charge is 0.330 e. The zero-order chi connectivity index (χ0) is 22.2. The van der Waals surface area contributed by atoms with Gasteiger partial charge in [-0.3, -0.25) is 24.0 Å². The van der Waals surface area contributed by atoms with Crippen molar-refractivity contribution in [1.29, 1.82) is 0 Å². The van der Waals surface area contributed by atoms with Gasteiger partial charge in [-0.2, -0.15) is 0 Å². The predicted molar refractivity (Wildman–Crippen MR) is 117 cm³/mol. The monoisotopic (exact) mass is 412 g/mol. The number of carbonyl (C=O) groups is 1. The quantitative estimate of drug-likeness (QED) is 0.642. The van der Waals surface area contributed by atoms with Gasteiger partial charge in [0.15, 0.2) is 5.69 Å². The van der Waals surface area contributed by atoms with Crippen LogP contribution in [0, 0.1) is 18.8 Å². The van der Waals surface area contributed by atoms with Crippen LogP contribution in [0.1, 0.15) is 43.9 Å². The van der Waals surface area contributed by atoms with E-state index in [1.807, 2.05) is 51.2 Å². The van der Waals surface area contributed by atoms with E-state index < -0.39 is 17.2 Å². The molecule has 9 nitrogen and oxygen atoms in total. The average molecular weight is 412 g/mol. The molecule has 0 aliphatic carbocycles. The average Bonchev–Trinajstić information content (AvgIpc) is 3.09. The highest BCUT2D eigenvalue weighted by Gasteiger charge is 2.27. The van der Waals surface area contributed by atoms with Gasteiger partial charge in [0.05, 0.1) is 0 Å². The minimum Gasteiger partial charge on any atom is -0.383 e. The summed E-state index contributed by atoms with van der Waals surface area (Å²) in [4.78, 5) is 46.5. The number of amides is 1. The number of carbonyl (C=O) groups excluding carboxylic acids is 1. The first-order chi connectivity index (χ1) is 14.1. The van der Waals surface area contributed by atoms with Crippen LogP contribution in [0.5, 0.6) is 0 Å². The Morgan fingerprint density at radius 3 is 2.50 bits per heavy atom. The molecule has 30 heavy (non-hydrogen) atoms. The lowest BCUT2D eigenvalue weighted by atomic mass is 10.2. The van der Waals surface area contributed by atoms with Gasteiger partial charge in [-0.15, -0.1) is 0 Å². The molecule has 3 aromatic heterocycles.